The maximum atomic E-state index is 12.4. The Balaban J connectivity index is 1.59. The zero-order valence-corrected chi connectivity index (χ0v) is 15.8. The largest absolute Gasteiger partial charge is 0.361 e. The van der Waals surface area contributed by atoms with Crippen LogP contribution in [-0.2, 0) is 11.2 Å². The van der Waals surface area contributed by atoms with Gasteiger partial charge in [0.1, 0.15) is 0 Å². The Morgan fingerprint density at radius 2 is 1.96 bits per heavy atom. The second kappa shape index (κ2) is 8.54. The van der Waals surface area contributed by atoms with Crippen molar-refractivity contribution in [1.29, 1.82) is 0 Å². The van der Waals surface area contributed by atoms with Crippen LogP contribution in [0.3, 0.4) is 0 Å². The van der Waals surface area contributed by atoms with E-state index in [-0.39, 0.29) is 11.8 Å². The van der Waals surface area contributed by atoms with Crippen molar-refractivity contribution >= 4 is 28.4 Å². The highest BCUT2D eigenvalue weighted by atomic mass is 16.2. The molecule has 2 amide bonds. The molecule has 0 atom stereocenters. The second-order valence-corrected chi connectivity index (χ2v) is 6.75. The standard InChI is InChI=1S/C22H25N3O2/c1-3-5-21(26)25-18-7-4-6-16(13-18)22(27)23-11-10-17-14-24-20-9-8-15(2)12-19(17)20/h4,6-9,12-14,24H,3,5,10-11H2,1-2H3,(H,23,27)(H,25,26). The highest BCUT2D eigenvalue weighted by molar-refractivity contribution is 5.97. The van der Waals surface area contributed by atoms with Crippen LogP contribution in [0.25, 0.3) is 10.9 Å². The van der Waals surface area contributed by atoms with Gasteiger partial charge < -0.3 is 15.6 Å². The molecule has 5 heteroatoms. The molecule has 3 rings (SSSR count). The third-order valence-electron chi connectivity index (χ3n) is 4.49. The maximum absolute atomic E-state index is 12.4. The summed E-state index contributed by atoms with van der Waals surface area (Å²) < 4.78 is 0. The first-order valence-electron chi connectivity index (χ1n) is 9.31. The summed E-state index contributed by atoms with van der Waals surface area (Å²) in [4.78, 5) is 27.4. The van der Waals surface area contributed by atoms with Gasteiger partial charge in [0.05, 0.1) is 0 Å². The minimum atomic E-state index is -0.141. The number of carbonyl (C=O) groups excluding carboxylic acids is 2. The first-order valence-corrected chi connectivity index (χ1v) is 9.31. The summed E-state index contributed by atoms with van der Waals surface area (Å²) in [7, 11) is 0. The Bertz CT molecular complexity index is 959. The Hall–Kier alpha value is -3.08. The topological polar surface area (TPSA) is 74.0 Å². The van der Waals surface area contributed by atoms with Gasteiger partial charge in [-0.3, -0.25) is 9.59 Å². The summed E-state index contributed by atoms with van der Waals surface area (Å²) >= 11 is 0. The van der Waals surface area contributed by atoms with Gasteiger partial charge in [-0.2, -0.15) is 0 Å². The number of hydrogen-bond donors (Lipinski definition) is 3. The third-order valence-corrected chi connectivity index (χ3v) is 4.49. The van der Waals surface area contributed by atoms with Gasteiger partial charge in [0.2, 0.25) is 5.91 Å². The van der Waals surface area contributed by atoms with Gasteiger partial charge in [0.25, 0.3) is 5.91 Å². The predicted molar refractivity (Wildman–Crippen MR) is 109 cm³/mol. The first-order chi connectivity index (χ1) is 13.1. The van der Waals surface area contributed by atoms with Gasteiger partial charge >= 0.3 is 0 Å². The van der Waals surface area contributed by atoms with E-state index in [4.69, 9.17) is 0 Å². The number of carbonyl (C=O) groups is 2. The lowest BCUT2D eigenvalue weighted by atomic mass is 10.1. The molecule has 0 radical (unpaired) electrons. The van der Waals surface area contributed by atoms with Gasteiger partial charge in [-0.1, -0.05) is 24.6 Å². The Morgan fingerprint density at radius 3 is 2.78 bits per heavy atom. The molecule has 2 aromatic carbocycles. The Kier molecular flexibility index (Phi) is 5.91. The molecule has 1 heterocycles. The molecule has 3 aromatic rings. The van der Waals surface area contributed by atoms with E-state index in [0.29, 0.717) is 24.2 Å². The van der Waals surface area contributed by atoms with Crippen molar-refractivity contribution in [2.24, 2.45) is 0 Å². The van der Waals surface area contributed by atoms with Gasteiger partial charge in [0, 0.05) is 41.3 Å². The summed E-state index contributed by atoms with van der Waals surface area (Å²) in [5.74, 6) is -0.178. The molecular formula is C22H25N3O2. The van der Waals surface area contributed by atoms with E-state index in [1.165, 1.54) is 16.5 Å². The van der Waals surface area contributed by atoms with Crippen LogP contribution in [0.5, 0.6) is 0 Å². The Labute approximate surface area is 159 Å². The van der Waals surface area contributed by atoms with Crippen molar-refractivity contribution in [2.45, 2.75) is 33.1 Å². The van der Waals surface area contributed by atoms with E-state index in [9.17, 15) is 9.59 Å². The molecule has 0 saturated heterocycles. The lowest BCUT2D eigenvalue weighted by Gasteiger charge is -2.08. The fourth-order valence-corrected chi connectivity index (χ4v) is 3.10. The molecule has 3 N–H and O–H groups in total. The maximum Gasteiger partial charge on any atom is 0.251 e. The first kappa shape index (κ1) is 18.7. The summed E-state index contributed by atoms with van der Waals surface area (Å²) in [5, 5.41) is 6.97. The number of benzene rings is 2. The number of rotatable bonds is 7. The molecule has 0 bridgehead atoms. The molecule has 1 aromatic heterocycles. The van der Waals surface area contributed by atoms with Crippen molar-refractivity contribution in [3.05, 3.63) is 65.4 Å². The third kappa shape index (κ3) is 4.76. The molecule has 0 spiro atoms. The van der Waals surface area contributed by atoms with Gasteiger partial charge in [-0.25, -0.2) is 0 Å². The number of hydrogen-bond acceptors (Lipinski definition) is 2. The number of aromatic amines is 1. The van der Waals surface area contributed by atoms with Gasteiger partial charge in [-0.15, -0.1) is 0 Å². The van der Waals surface area contributed by atoms with E-state index >= 15 is 0 Å². The van der Waals surface area contributed by atoms with Crippen molar-refractivity contribution < 1.29 is 9.59 Å². The monoisotopic (exact) mass is 363 g/mol. The lowest BCUT2D eigenvalue weighted by molar-refractivity contribution is -0.116. The lowest BCUT2D eigenvalue weighted by Crippen LogP contribution is -2.25. The Morgan fingerprint density at radius 1 is 1.11 bits per heavy atom. The summed E-state index contributed by atoms with van der Waals surface area (Å²) in [6.07, 6.45) is 4.02. The minimum Gasteiger partial charge on any atom is -0.361 e. The normalized spacial score (nSPS) is 10.7. The predicted octanol–water partition coefficient (Wildman–Crippen LogP) is 4.19. The van der Waals surface area contributed by atoms with E-state index < -0.39 is 0 Å². The number of aryl methyl sites for hydroxylation is 1. The number of fused-ring (bicyclic) bond motifs is 1. The van der Waals surface area contributed by atoms with Crippen LogP contribution in [0, 0.1) is 6.92 Å². The molecule has 27 heavy (non-hydrogen) atoms. The van der Waals surface area contributed by atoms with Crippen molar-refractivity contribution in [2.75, 3.05) is 11.9 Å². The van der Waals surface area contributed by atoms with Crippen molar-refractivity contribution in [3.8, 4) is 0 Å². The minimum absolute atomic E-state index is 0.0373. The van der Waals surface area contributed by atoms with Crippen LogP contribution in [0.15, 0.2) is 48.7 Å². The average Bonchev–Trinajstić information content (AvgIpc) is 3.04. The second-order valence-electron chi connectivity index (χ2n) is 6.75. The summed E-state index contributed by atoms with van der Waals surface area (Å²) in [5.41, 5.74) is 4.70. The van der Waals surface area contributed by atoms with E-state index in [1.807, 2.05) is 13.1 Å². The number of nitrogens with one attached hydrogen (secondary N) is 3. The average molecular weight is 363 g/mol. The van der Waals surface area contributed by atoms with Crippen LogP contribution in [0.2, 0.25) is 0 Å². The molecular weight excluding hydrogens is 338 g/mol. The smallest absolute Gasteiger partial charge is 0.251 e. The molecule has 0 saturated carbocycles. The van der Waals surface area contributed by atoms with Gasteiger partial charge in [-0.05, 0) is 55.7 Å². The highest BCUT2D eigenvalue weighted by Gasteiger charge is 2.09. The molecule has 5 nitrogen and oxygen atoms in total. The summed E-state index contributed by atoms with van der Waals surface area (Å²) in [6, 6.07) is 13.3. The zero-order valence-electron chi connectivity index (χ0n) is 15.8. The van der Waals surface area contributed by atoms with Crippen LogP contribution in [0.4, 0.5) is 5.69 Å². The van der Waals surface area contributed by atoms with E-state index in [1.54, 1.807) is 24.3 Å². The number of aromatic nitrogens is 1. The number of anilines is 1. The van der Waals surface area contributed by atoms with E-state index in [2.05, 4.69) is 40.7 Å². The van der Waals surface area contributed by atoms with Crippen LogP contribution < -0.4 is 10.6 Å². The number of H-pyrrole nitrogens is 1. The van der Waals surface area contributed by atoms with Crippen LogP contribution >= 0.6 is 0 Å². The van der Waals surface area contributed by atoms with E-state index in [0.717, 1.165) is 18.4 Å². The SMILES string of the molecule is CCCC(=O)Nc1cccc(C(=O)NCCc2c[nH]c3ccc(C)cc23)c1. The quantitative estimate of drug-likeness (QED) is 0.589. The molecule has 0 fully saturated rings. The van der Waals surface area contributed by atoms with Crippen LogP contribution in [-0.4, -0.2) is 23.3 Å². The molecule has 0 aliphatic carbocycles. The molecule has 0 unspecified atom stereocenters. The summed E-state index contributed by atoms with van der Waals surface area (Å²) in [6.45, 7) is 4.58. The molecule has 0 aliphatic rings. The molecule has 0 aliphatic heterocycles. The zero-order chi connectivity index (χ0) is 19.2. The fourth-order valence-electron chi connectivity index (χ4n) is 3.10. The molecule has 140 valence electrons. The van der Waals surface area contributed by atoms with Crippen LogP contribution in [0.1, 0.15) is 41.3 Å². The van der Waals surface area contributed by atoms with Gasteiger partial charge in [0.15, 0.2) is 0 Å². The fraction of sp³-hybridized carbons (Fsp3) is 0.273. The van der Waals surface area contributed by atoms with Crippen molar-refractivity contribution in [3.63, 3.8) is 0 Å². The van der Waals surface area contributed by atoms with Crippen molar-refractivity contribution in [1.82, 2.24) is 10.3 Å². The number of amides is 2. The highest BCUT2D eigenvalue weighted by Crippen LogP contribution is 2.20.